The molecule has 1 atom stereocenters. The molecule has 0 saturated carbocycles. The molecule has 0 aliphatic heterocycles. The van der Waals surface area contributed by atoms with Crippen LogP contribution in [0.15, 0.2) is 18.2 Å². The van der Waals surface area contributed by atoms with Crippen molar-refractivity contribution in [1.82, 2.24) is 5.32 Å². The number of phenols is 1. The number of anilines is 1. The zero-order valence-electron chi connectivity index (χ0n) is 12.1. The number of aliphatic hydroxyl groups is 1. The van der Waals surface area contributed by atoms with Crippen molar-refractivity contribution in [1.29, 1.82) is 0 Å². The standard InChI is InChI=1S/C13H22N2O4S/c1-13(2,3)14-8-12(17)9-5-6-11(16)10(7-9)15-20(4,18)19/h5-7,12,14-17H,8H2,1-4H3. The summed E-state index contributed by atoms with van der Waals surface area (Å²) in [7, 11) is -3.48. The van der Waals surface area contributed by atoms with Gasteiger partial charge in [-0.1, -0.05) is 6.07 Å². The molecule has 114 valence electrons. The van der Waals surface area contributed by atoms with E-state index < -0.39 is 16.1 Å². The number of nitrogens with one attached hydrogen (secondary N) is 2. The molecular weight excluding hydrogens is 280 g/mol. The van der Waals surface area contributed by atoms with E-state index in [2.05, 4.69) is 10.0 Å². The van der Waals surface area contributed by atoms with Crippen LogP contribution in [0.1, 0.15) is 32.4 Å². The minimum atomic E-state index is -3.48. The number of aromatic hydroxyl groups is 1. The Bertz CT molecular complexity index is 564. The third-order valence-electron chi connectivity index (χ3n) is 2.53. The molecule has 0 amide bonds. The third kappa shape index (κ3) is 5.77. The summed E-state index contributed by atoms with van der Waals surface area (Å²) < 4.78 is 24.6. The van der Waals surface area contributed by atoms with Crippen LogP contribution >= 0.6 is 0 Å². The van der Waals surface area contributed by atoms with Crippen molar-refractivity contribution in [2.45, 2.75) is 32.4 Å². The summed E-state index contributed by atoms with van der Waals surface area (Å²) >= 11 is 0. The number of aliphatic hydroxyl groups excluding tert-OH is 1. The van der Waals surface area contributed by atoms with Crippen LogP contribution in [0.2, 0.25) is 0 Å². The summed E-state index contributed by atoms with van der Waals surface area (Å²) in [6, 6.07) is 4.33. The molecule has 1 unspecified atom stereocenters. The normalized spacial score (nSPS) is 14.1. The fraction of sp³-hybridized carbons (Fsp3) is 0.538. The number of benzene rings is 1. The van der Waals surface area contributed by atoms with Crippen LogP contribution in [0, 0.1) is 0 Å². The maximum atomic E-state index is 11.2. The van der Waals surface area contributed by atoms with Gasteiger partial charge >= 0.3 is 0 Å². The van der Waals surface area contributed by atoms with Gasteiger partial charge in [-0.25, -0.2) is 8.42 Å². The van der Waals surface area contributed by atoms with Gasteiger partial charge < -0.3 is 15.5 Å². The van der Waals surface area contributed by atoms with E-state index in [0.29, 0.717) is 12.1 Å². The van der Waals surface area contributed by atoms with E-state index in [4.69, 9.17) is 0 Å². The molecular formula is C13H22N2O4S. The maximum Gasteiger partial charge on any atom is 0.229 e. The lowest BCUT2D eigenvalue weighted by molar-refractivity contribution is 0.163. The predicted molar refractivity (Wildman–Crippen MR) is 79.3 cm³/mol. The molecule has 0 saturated heterocycles. The van der Waals surface area contributed by atoms with E-state index >= 15 is 0 Å². The smallest absolute Gasteiger partial charge is 0.229 e. The number of hydrogen-bond donors (Lipinski definition) is 4. The van der Waals surface area contributed by atoms with E-state index in [0.717, 1.165) is 6.26 Å². The first-order valence-corrected chi connectivity index (χ1v) is 8.11. The summed E-state index contributed by atoms with van der Waals surface area (Å²) in [6.07, 6.45) is 0.200. The van der Waals surface area contributed by atoms with Crippen LogP contribution in [0.5, 0.6) is 5.75 Å². The van der Waals surface area contributed by atoms with Gasteiger partial charge in [0.15, 0.2) is 0 Å². The minimum absolute atomic E-state index is 0.0554. The SMILES string of the molecule is CC(C)(C)NCC(O)c1ccc(O)c(NS(C)(=O)=O)c1. The highest BCUT2D eigenvalue weighted by atomic mass is 32.2. The summed E-state index contributed by atoms with van der Waals surface area (Å²) in [6.45, 7) is 6.26. The second kappa shape index (κ2) is 5.99. The zero-order chi connectivity index (χ0) is 15.6. The Balaban J connectivity index is 2.89. The molecule has 6 nitrogen and oxygen atoms in total. The fourth-order valence-corrected chi connectivity index (χ4v) is 2.13. The van der Waals surface area contributed by atoms with Gasteiger partial charge in [-0.15, -0.1) is 0 Å². The van der Waals surface area contributed by atoms with Crippen molar-refractivity contribution >= 4 is 15.7 Å². The first-order valence-electron chi connectivity index (χ1n) is 6.22. The highest BCUT2D eigenvalue weighted by Gasteiger charge is 2.15. The van der Waals surface area contributed by atoms with Gasteiger partial charge in [-0.3, -0.25) is 4.72 Å². The Labute approximate surface area is 119 Å². The van der Waals surface area contributed by atoms with E-state index in [1.807, 2.05) is 20.8 Å². The molecule has 20 heavy (non-hydrogen) atoms. The molecule has 0 spiro atoms. The Morgan fingerprint density at radius 2 is 1.90 bits per heavy atom. The quantitative estimate of drug-likeness (QED) is 0.612. The fourth-order valence-electron chi connectivity index (χ4n) is 1.56. The van der Waals surface area contributed by atoms with Crippen molar-refractivity contribution in [2.75, 3.05) is 17.5 Å². The van der Waals surface area contributed by atoms with E-state index in [1.54, 1.807) is 6.07 Å². The molecule has 1 rings (SSSR count). The zero-order valence-corrected chi connectivity index (χ0v) is 13.0. The molecule has 1 aromatic rings. The van der Waals surface area contributed by atoms with Crippen LogP contribution in [-0.4, -0.2) is 37.0 Å². The highest BCUT2D eigenvalue weighted by molar-refractivity contribution is 7.92. The first-order chi connectivity index (χ1) is 8.98. The van der Waals surface area contributed by atoms with Gasteiger partial charge in [0.1, 0.15) is 5.75 Å². The van der Waals surface area contributed by atoms with Crippen LogP contribution in [0.3, 0.4) is 0 Å². The second-order valence-electron chi connectivity index (χ2n) is 5.80. The van der Waals surface area contributed by atoms with Crippen LogP contribution in [0.4, 0.5) is 5.69 Å². The molecule has 4 N–H and O–H groups in total. The van der Waals surface area contributed by atoms with Gasteiger partial charge in [-0.2, -0.15) is 0 Å². The predicted octanol–water partition coefficient (Wildman–Crippen LogP) is 1.19. The summed E-state index contributed by atoms with van der Waals surface area (Å²) in [5.41, 5.74) is 0.441. The Morgan fingerprint density at radius 1 is 1.30 bits per heavy atom. The van der Waals surface area contributed by atoms with Crippen molar-refractivity contribution in [2.24, 2.45) is 0 Å². The Hall–Kier alpha value is -1.31. The lowest BCUT2D eigenvalue weighted by Gasteiger charge is -2.23. The molecule has 1 aromatic carbocycles. The molecule has 0 fully saturated rings. The monoisotopic (exact) mass is 302 g/mol. The summed E-state index contributed by atoms with van der Waals surface area (Å²) in [4.78, 5) is 0. The average molecular weight is 302 g/mol. The largest absolute Gasteiger partial charge is 0.506 e. The van der Waals surface area contributed by atoms with E-state index in [1.165, 1.54) is 12.1 Å². The molecule has 0 aliphatic carbocycles. The average Bonchev–Trinajstić information content (AvgIpc) is 2.26. The number of phenolic OH excluding ortho intramolecular Hbond substituents is 1. The van der Waals surface area contributed by atoms with Crippen LogP contribution < -0.4 is 10.0 Å². The highest BCUT2D eigenvalue weighted by Crippen LogP contribution is 2.27. The number of β-amino-alcohol motifs (C(OH)–C–C–N with tert-alkyl or cyclic N) is 1. The molecule has 0 heterocycles. The van der Waals surface area contributed by atoms with Gasteiger partial charge in [0.2, 0.25) is 10.0 Å². The first kappa shape index (κ1) is 16.7. The minimum Gasteiger partial charge on any atom is -0.506 e. The van der Waals surface area contributed by atoms with E-state index in [-0.39, 0.29) is 17.0 Å². The van der Waals surface area contributed by atoms with Gasteiger partial charge in [0.05, 0.1) is 18.0 Å². The van der Waals surface area contributed by atoms with Crippen LogP contribution in [0.25, 0.3) is 0 Å². The van der Waals surface area contributed by atoms with Crippen molar-refractivity contribution in [3.05, 3.63) is 23.8 Å². The Kier molecular flexibility index (Phi) is 5.01. The molecule has 0 aromatic heterocycles. The molecule has 0 radical (unpaired) electrons. The van der Waals surface area contributed by atoms with Gasteiger partial charge in [-0.05, 0) is 38.5 Å². The summed E-state index contributed by atoms with van der Waals surface area (Å²) in [5.74, 6) is -0.185. The van der Waals surface area contributed by atoms with Crippen molar-refractivity contribution in [3.63, 3.8) is 0 Å². The van der Waals surface area contributed by atoms with Crippen molar-refractivity contribution in [3.8, 4) is 5.75 Å². The third-order valence-corrected chi connectivity index (χ3v) is 3.12. The van der Waals surface area contributed by atoms with Crippen LogP contribution in [-0.2, 0) is 10.0 Å². The lowest BCUT2D eigenvalue weighted by Crippen LogP contribution is -2.38. The molecule has 7 heteroatoms. The molecule has 0 bridgehead atoms. The van der Waals surface area contributed by atoms with Gasteiger partial charge in [0, 0.05) is 12.1 Å². The number of hydrogen-bond acceptors (Lipinski definition) is 5. The second-order valence-corrected chi connectivity index (χ2v) is 7.55. The maximum absolute atomic E-state index is 11.2. The topological polar surface area (TPSA) is 98.7 Å². The Morgan fingerprint density at radius 3 is 2.40 bits per heavy atom. The lowest BCUT2D eigenvalue weighted by atomic mass is 10.1. The number of rotatable bonds is 5. The summed E-state index contributed by atoms with van der Waals surface area (Å²) in [5, 5.41) is 22.8. The van der Waals surface area contributed by atoms with E-state index in [9.17, 15) is 18.6 Å². The molecule has 0 aliphatic rings. The van der Waals surface area contributed by atoms with Crippen molar-refractivity contribution < 1.29 is 18.6 Å². The van der Waals surface area contributed by atoms with Gasteiger partial charge in [0.25, 0.3) is 0 Å². The number of sulfonamides is 1.